The van der Waals surface area contributed by atoms with Gasteiger partial charge in [0.05, 0.1) is 6.61 Å². The maximum absolute atomic E-state index is 12.8. The Morgan fingerprint density at radius 1 is 1.47 bits per heavy atom. The Bertz CT molecular complexity index is 490. The molecule has 9 heteroatoms. The fourth-order valence-corrected chi connectivity index (χ4v) is 1.91. The predicted molar refractivity (Wildman–Crippen MR) is 57.9 cm³/mol. The van der Waals surface area contributed by atoms with E-state index in [9.17, 15) is 26.7 Å². The third-order valence-corrected chi connectivity index (χ3v) is 2.59. The highest BCUT2D eigenvalue weighted by atomic mass is 79.9. The van der Waals surface area contributed by atoms with Gasteiger partial charge < -0.3 is 4.74 Å². The third-order valence-electron chi connectivity index (χ3n) is 1.97. The molecule has 0 saturated carbocycles. The summed E-state index contributed by atoms with van der Waals surface area (Å²) in [6.45, 7) is 1.17. The number of nitrogens with zero attached hydrogens (tertiary/aromatic N) is 1. The van der Waals surface area contributed by atoms with Crippen LogP contribution in [0.4, 0.5) is 22.0 Å². The van der Waals surface area contributed by atoms with Crippen LogP contribution in [-0.2, 0) is 10.9 Å². The Kier molecular flexibility index (Phi) is 4.83. The molecule has 0 saturated heterocycles. The zero-order chi connectivity index (χ0) is 14.8. The van der Waals surface area contributed by atoms with Gasteiger partial charge in [0.1, 0.15) is 11.3 Å². The first kappa shape index (κ1) is 15.8. The average molecular weight is 348 g/mol. The molecule has 0 atom stereocenters. The van der Waals surface area contributed by atoms with Crippen molar-refractivity contribution in [2.75, 3.05) is 6.61 Å². The summed E-state index contributed by atoms with van der Waals surface area (Å²) in [4.78, 5) is 14.4. The van der Waals surface area contributed by atoms with Crippen molar-refractivity contribution in [3.63, 3.8) is 0 Å². The van der Waals surface area contributed by atoms with Gasteiger partial charge in [0.25, 0.3) is 6.43 Å². The second kappa shape index (κ2) is 5.81. The minimum Gasteiger partial charge on any atom is -0.461 e. The van der Waals surface area contributed by atoms with Gasteiger partial charge in [-0.3, -0.25) is 0 Å². The normalized spacial score (nSPS) is 11.8. The van der Waals surface area contributed by atoms with Crippen LogP contribution in [0.5, 0.6) is 0 Å². The van der Waals surface area contributed by atoms with E-state index >= 15 is 0 Å². The minimum atomic E-state index is -4.92. The number of ether oxygens (including phenoxy) is 1. The van der Waals surface area contributed by atoms with Gasteiger partial charge in [-0.05, 0) is 13.0 Å². The molecule has 0 amide bonds. The van der Waals surface area contributed by atoms with Crippen LogP contribution >= 0.6 is 15.9 Å². The summed E-state index contributed by atoms with van der Waals surface area (Å²) < 4.78 is 67.0. The standard InChI is InChI=1S/C10H7BrF5NO2/c1-2-19-9(18)7-6(10(14,15)16)4(11)3-5(17-7)8(12)13/h3,8H,2H2,1H3. The number of rotatable bonds is 3. The van der Waals surface area contributed by atoms with E-state index in [0.717, 1.165) is 0 Å². The first-order chi connectivity index (χ1) is 8.68. The van der Waals surface area contributed by atoms with Crippen molar-refractivity contribution >= 4 is 21.9 Å². The Hall–Kier alpha value is -1.25. The maximum atomic E-state index is 12.8. The van der Waals surface area contributed by atoms with Gasteiger partial charge in [-0.1, -0.05) is 15.9 Å². The van der Waals surface area contributed by atoms with Crippen molar-refractivity contribution in [2.45, 2.75) is 19.5 Å². The number of hydrogen-bond donors (Lipinski definition) is 0. The van der Waals surface area contributed by atoms with E-state index in [2.05, 4.69) is 25.7 Å². The zero-order valence-electron chi connectivity index (χ0n) is 9.39. The lowest BCUT2D eigenvalue weighted by Crippen LogP contribution is -2.19. The van der Waals surface area contributed by atoms with Crippen LogP contribution in [-0.4, -0.2) is 17.6 Å². The number of esters is 1. The minimum absolute atomic E-state index is 0.200. The van der Waals surface area contributed by atoms with Crippen LogP contribution in [0, 0.1) is 0 Å². The molecule has 0 aliphatic heterocycles. The molecule has 1 aromatic rings. The average Bonchev–Trinajstić information content (AvgIpc) is 2.26. The van der Waals surface area contributed by atoms with Gasteiger partial charge in [-0.25, -0.2) is 18.6 Å². The first-order valence-electron chi connectivity index (χ1n) is 4.91. The number of alkyl halides is 5. The SMILES string of the molecule is CCOC(=O)c1nc(C(F)F)cc(Br)c1C(F)(F)F. The van der Waals surface area contributed by atoms with E-state index < -0.39 is 40.0 Å². The summed E-state index contributed by atoms with van der Waals surface area (Å²) >= 11 is 2.52. The fourth-order valence-electron chi connectivity index (χ4n) is 1.26. The smallest absolute Gasteiger partial charge is 0.419 e. The van der Waals surface area contributed by atoms with Gasteiger partial charge in [-0.15, -0.1) is 0 Å². The van der Waals surface area contributed by atoms with E-state index in [-0.39, 0.29) is 6.61 Å². The second-order valence-corrected chi connectivity index (χ2v) is 4.13. The molecule has 0 bridgehead atoms. The molecule has 1 heterocycles. The lowest BCUT2D eigenvalue weighted by molar-refractivity contribution is -0.139. The molecule has 0 unspecified atom stereocenters. The highest BCUT2D eigenvalue weighted by Gasteiger charge is 2.40. The molecular formula is C10H7BrF5NO2. The molecule has 0 N–H and O–H groups in total. The Labute approximate surface area is 112 Å². The Morgan fingerprint density at radius 3 is 2.47 bits per heavy atom. The van der Waals surface area contributed by atoms with E-state index in [1.807, 2.05) is 0 Å². The van der Waals surface area contributed by atoms with E-state index in [1.54, 1.807) is 0 Å². The monoisotopic (exact) mass is 347 g/mol. The van der Waals surface area contributed by atoms with Gasteiger partial charge >= 0.3 is 12.1 Å². The van der Waals surface area contributed by atoms with Crippen LogP contribution in [0.25, 0.3) is 0 Å². The highest BCUT2D eigenvalue weighted by molar-refractivity contribution is 9.10. The quantitative estimate of drug-likeness (QED) is 0.613. The summed E-state index contributed by atoms with van der Waals surface area (Å²) in [7, 11) is 0. The van der Waals surface area contributed by atoms with Crippen molar-refractivity contribution in [1.82, 2.24) is 4.98 Å². The van der Waals surface area contributed by atoms with Crippen molar-refractivity contribution < 1.29 is 31.5 Å². The lowest BCUT2D eigenvalue weighted by Gasteiger charge is -2.14. The molecule has 0 fully saturated rings. The molecule has 0 spiro atoms. The molecule has 106 valence electrons. The summed E-state index contributed by atoms with van der Waals surface area (Å²) in [6, 6.07) is 0.524. The van der Waals surface area contributed by atoms with Gasteiger partial charge in [0.15, 0.2) is 5.69 Å². The number of carbonyl (C=O) groups is 1. The summed E-state index contributed by atoms with van der Waals surface area (Å²) in [5.41, 5.74) is -3.56. The highest BCUT2D eigenvalue weighted by Crippen LogP contribution is 2.38. The van der Waals surface area contributed by atoms with Crippen LogP contribution in [0.2, 0.25) is 0 Å². The molecule has 0 aromatic carbocycles. The number of halogens is 6. The molecule has 3 nitrogen and oxygen atoms in total. The third kappa shape index (κ3) is 3.62. The molecule has 0 aliphatic rings. The molecular weight excluding hydrogens is 341 g/mol. The molecule has 0 radical (unpaired) electrons. The second-order valence-electron chi connectivity index (χ2n) is 3.27. The van der Waals surface area contributed by atoms with Crippen LogP contribution in [0.15, 0.2) is 10.5 Å². The van der Waals surface area contributed by atoms with Crippen molar-refractivity contribution in [3.8, 4) is 0 Å². The van der Waals surface area contributed by atoms with Gasteiger partial charge in [0.2, 0.25) is 0 Å². The largest absolute Gasteiger partial charge is 0.461 e. The van der Waals surface area contributed by atoms with E-state index in [4.69, 9.17) is 0 Å². The Balaban J connectivity index is 3.49. The van der Waals surface area contributed by atoms with Crippen molar-refractivity contribution in [1.29, 1.82) is 0 Å². The molecule has 19 heavy (non-hydrogen) atoms. The summed E-state index contributed by atoms with van der Waals surface area (Å²) in [6.07, 6.45) is -8.03. The predicted octanol–water partition coefficient (Wildman–Crippen LogP) is 3.98. The zero-order valence-corrected chi connectivity index (χ0v) is 11.0. The topological polar surface area (TPSA) is 39.2 Å². The maximum Gasteiger partial charge on any atom is 0.419 e. The van der Waals surface area contributed by atoms with E-state index in [1.165, 1.54) is 6.92 Å². The van der Waals surface area contributed by atoms with Crippen molar-refractivity contribution in [2.24, 2.45) is 0 Å². The van der Waals surface area contributed by atoms with E-state index in [0.29, 0.717) is 6.07 Å². The summed E-state index contributed by atoms with van der Waals surface area (Å²) in [5, 5.41) is 0. The number of carbonyl (C=O) groups excluding carboxylic acids is 1. The number of aromatic nitrogens is 1. The van der Waals surface area contributed by atoms with Crippen LogP contribution in [0.3, 0.4) is 0 Å². The van der Waals surface area contributed by atoms with Gasteiger partial charge in [-0.2, -0.15) is 13.2 Å². The number of hydrogen-bond acceptors (Lipinski definition) is 3. The Morgan fingerprint density at radius 2 is 2.05 bits per heavy atom. The summed E-state index contributed by atoms with van der Waals surface area (Å²) in [5.74, 6) is -1.40. The molecule has 0 aliphatic carbocycles. The van der Waals surface area contributed by atoms with Crippen LogP contribution < -0.4 is 0 Å². The fraction of sp³-hybridized carbons (Fsp3) is 0.400. The number of pyridine rings is 1. The van der Waals surface area contributed by atoms with Crippen LogP contribution in [0.1, 0.15) is 35.1 Å². The molecule has 1 rings (SSSR count). The first-order valence-corrected chi connectivity index (χ1v) is 5.70. The molecule has 1 aromatic heterocycles. The van der Waals surface area contributed by atoms with Crippen molar-refractivity contribution in [3.05, 3.63) is 27.5 Å². The van der Waals surface area contributed by atoms with Gasteiger partial charge in [0, 0.05) is 4.47 Å². The lowest BCUT2D eigenvalue weighted by atomic mass is 10.1.